The van der Waals surface area contributed by atoms with Gasteiger partial charge in [-0.1, -0.05) is 49.8 Å². The summed E-state index contributed by atoms with van der Waals surface area (Å²) in [5.41, 5.74) is 2.24. The highest BCUT2D eigenvalue weighted by molar-refractivity contribution is 6.31. The lowest BCUT2D eigenvalue weighted by Crippen LogP contribution is -2.21. The molecule has 3 heteroatoms. The van der Waals surface area contributed by atoms with E-state index >= 15 is 0 Å². The molecule has 1 aliphatic carbocycles. The van der Waals surface area contributed by atoms with Crippen LogP contribution in [0.2, 0.25) is 5.02 Å². The van der Waals surface area contributed by atoms with Gasteiger partial charge in [-0.15, -0.1) is 0 Å². The lowest BCUT2D eigenvalue weighted by molar-refractivity contribution is 0.471. The van der Waals surface area contributed by atoms with Crippen molar-refractivity contribution >= 4 is 28.3 Å². The summed E-state index contributed by atoms with van der Waals surface area (Å²) in [5, 5.41) is 5.58. The number of pyridine rings is 1. The number of nitrogens with zero attached hydrogens (tertiary/aromatic N) is 1. The number of hydrogen-bond acceptors (Lipinski definition) is 2. The molecule has 0 atom stereocenters. The summed E-state index contributed by atoms with van der Waals surface area (Å²) in [4.78, 5) is 4.75. The van der Waals surface area contributed by atoms with Crippen molar-refractivity contribution in [3.05, 3.63) is 34.9 Å². The summed E-state index contributed by atoms with van der Waals surface area (Å²) >= 11 is 6.09. The molecule has 0 radical (unpaired) electrons. The minimum absolute atomic E-state index is 0.564. The molecule has 1 saturated carbocycles. The Labute approximate surface area is 131 Å². The first-order chi connectivity index (χ1) is 10.2. The molecule has 0 unspecified atom stereocenters. The van der Waals surface area contributed by atoms with Crippen molar-refractivity contribution in [2.45, 2.75) is 57.9 Å². The highest BCUT2D eigenvalue weighted by atomic mass is 35.5. The number of aryl methyl sites for hydroxylation is 1. The lowest BCUT2D eigenvalue weighted by Gasteiger charge is -2.22. The van der Waals surface area contributed by atoms with Gasteiger partial charge in [0.1, 0.15) is 5.82 Å². The number of aromatic nitrogens is 1. The smallest absolute Gasteiger partial charge is 0.127 e. The molecule has 1 fully saturated rings. The first-order valence-electron chi connectivity index (χ1n) is 8.06. The predicted octanol–water partition coefficient (Wildman–Crippen LogP) is 5.72. The molecule has 0 spiro atoms. The normalized spacial score (nSPS) is 17.4. The molecule has 21 heavy (non-hydrogen) atoms. The van der Waals surface area contributed by atoms with Gasteiger partial charge in [-0.05, 0) is 43.5 Å². The molecule has 2 nitrogen and oxygen atoms in total. The zero-order chi connectivity index (χ0) is 14.7. The third-order valence-electron chi connectivity index (χ3n) is 4.44. The van der Waals surface area contributed by atoms with E-state index in [4.69, 9.17) is 16.6 Å². The zero-order valence-corrected chi connectivity index (χ0v) is 13.4. The van der Waals surface area contributed by atoms with E-state index in [1.807, 2.05) is 12.1 Å². The van der Waals surface area contributed by atoms with Crippen molar-refractivity contribution in [2.75, 3.05) is 5.32 Å². The van der Waals surface area contributed by atoms with Gasteiger partial charge in [0.05, 0.1) is 5.52 Å². The van der Waals surface area contributed by atoms with Gasteiger partial charge in [0.25, 0.3) is 0 Å². The standard InChI is InChI=1S/C18H23ClN2/c1-13-11-18(20-15-7-5-3-2-4-6-8-15)21-17-12-14(19)9-10-16(13)17/h9-12,15H,2-8H2,1H3,(H,20,21). The van der Waals surface area contributed by atoms with E-state index in [2.05, 4.69) is 24.4 Å². The Hall–Kier alpha value is -1.28. The number of nitrogens with one attached hydrogen (secondary N) is 1. The quantitative estimate of drug-likeness (QED) is 0.767. The number of hydrogen-bond donors (Lipinski definition) is 1. The second kappa shape index (κ2) is 6.65. The Bertz CT molecular complexity index is 616. The number of fused-ring (bicyclic) bond motifs is 1. The first kappa shape index (κ1) is 14.6. The fraction of sp³-hybridized carbons (Fsp3) is 0.500. The molecular formula is C18H23ClN2. The predicted molar refractivity (Wildman–Crippen MR) is 91.2 cm³/mol. The summed E-state index contributed by atoms with van der Waals surface area (Å²) in [6, 6.07) is 8.66. The molecule has 0 saturated heterocycles. The van der Waals surface area contributed by atoms with Crippen LogP contribution < -0.4 is 5.32 Å². The molecule has 0 bridgehead atoms. The van der Waals surface area contributed by atoms with E-state index in [-0.39, 0.29) is 0 Å². The van der Waals surface area contributed by atoms with Crippen LogP contribution in [0.15, 0.2) is 24.3 Å². The maximum Gasteiger partial charge on any atom is 0.127 e. The van der Waals surface area contributed by atoms with Crippen LogP contribution in [-0.4, -0.2) is 11.0 Å². The minimum Gasteiger partial charge on any atom is -0.367 e. The number of anilines is 1. The Balaban J connectivity index is 1.82. The van der Waals surface area contributed by atoms with Gasteiger partial charge in [-0.3, -0.25) is 0 Å². The van der Waals surface area contributed by atoms with Gasteiger partial charge in [0, 0.05) is 16.5 Å². The number of benzene rings is 1. The van der Waals surface area contributed by atoms with Crippen LogP contribution in [0.4, 0.5) is 5.82 Å². The van der Waals surface area contributed by atoms with E-state index in [0.717, 1.165) is 16.4 Å². The maximum absolute atomic E-state index is 6.09. The second-order valence-electron chi connectivity index (χ2n) is 6.17. The second-order valence-corrected chi connectivity index (χ2v) is 6.61. The van der Waals surface area contributed by atoms with Crippen molar-refractivity contribution in [1.29, 1.82) is 0 Å². The fourth-order valence-electron chi connectivity index (χ4n) is 3.26. The Morgan fingerprint density at radius 2 is 1.76 bits per heavy atom. The van der Waals surface area contributed by atoms with Crippen molar-refractivity contribution in [3.63, 3.8) is 0 Å². The van der Waals surface area contributed by atoms with Gasteiger partial charge in [-0.25, -0.2) is 4.98 Å². The van der Waals surface area contributed by atoms with E-state index in [1.165, 1.54) is 55.9 Å². The van der Waals surface area contributed by atoms with E-state index in [0.29, 0.717) is 6.04 Å². The van der Waals surface area contributed by atoms with E-state index in [1.54, 1.807) is 0 Å². The largest absolute Gasteiger partial charge is 0.367 e. The van der Waals surface area contributed by atoms with Crippen LogP contribution in [0.5, 0.6) is 0 Å². The van der Waals surface area contributed by atoms with Crippen LogP contribution in [0.25, 0.3) is 10.9 Å². The van der Waals surface area contributed by atoms with Crippen molar-refractivity contribution < 1.29 is 0 Å². The topological polar surface area (TPSA) is 24.9 Å². The summed E-state index contributed by atoms with van der Waals surface area (Å²) in [6.07, 6.45) is 9.32. The minimum atomic E-state index is 0.564. The zero-order valence-electron chi connectivity index (χ0n) is 12.7. The highest BCUT2D eigenvalue weighted by Crippen LogP contribution is 2.25. The van der Waals surface area contributed by atoms with Gasteiger partial charge in [-0.2, -0.15) is 0 Å². The fourth-order valence-corrected chi connectivity index (χ4v) is 3.43. The molecule has 1 aromatic heterocycles. The van der Waals surface area contributed by atoms with Gasteiger partial charge in [0.15, 0.2) is 0 Å². The van der Waals surface area contributed by atoms with Crippen LogP contribution >= 0.6 is 11.6 Å². The third-order valence-corrected chi connectivity index (χ3v) is 4.67. The summed E-state index contributed by atoms with van der Waals surface area (Å²) < 4.78 is 0. The number of rotatable bonds is 2. The maximum atomic E-state index is 6.09. The van der Waals surface area contributed by atoms with E-state index < -0.39 is 0 Å². The van der Waals surface area contributed by atoms with Crippen LogP contribution in [-0.2, 0) is 0 Å². The molecule has 2 aromatic rings. The first-order valence-corrected chi connectivity index (χ1v) is 8.43. The van der Waals surface area contributed by atoms with Crippen molar-refractivity contribution in [3.8, 4) is 0 Å². The Morgan fingerprint density at radius 1 is 1.05 bits per heavy atom. The third kappa shape index (κ3) is 3.68. The van der Waals surface area contributed by atoms with Gasteiger partial charge >= 0.3 is 0 Å². The van der Waals surface area contributed by atoms with E-state index in [9.17, 15) is 0 Å². The molecule has 112 valence electrons. The van der Waals surface area contributed by atoms with Crippen molar-refractivity contribution in [1.82, 2.24) is 4.98 Å². The summed E-state index contributed by atoms with van der Waals surface area (Å²) in [5.74, 6) is 0.993. The molecular weight excluding hydrogens is 280 g/mol. The van der Waals surface area contributed by atoms with Crippen LogP contribution in [0, 0.1) is 6.92 Å². The Morgan fingerprint density at radius 3 is 2.52 bits per heavy atom. The van der Waals surface area contributed by atoms with Crippen LogP contribution in [0.1, 0.15) is 50.5 Å². The Kier molecular flexibility index (Phi) is 4.64. The average Bonchev–Trinajstić information content (AvgIpc) is 2.41. The van der Waals surface area contributed by atoms with Crippen LogP contribution in [0.3, 0.4) is 0 Å². The SMILES string of the molecule is Cc1cc(NC2CCCCCCC2)nc2cc(Cl)ccc12. The molecule has 0 amide bonds. The van der Waals surface area contributed by atoms with Gasteiger partial charge in [0.2, 0.25) is 0 Å². The molecule has 1 heterocycles. The molecule has 1 aromatic carbocycles. The van der Waals surface area contributed by atoms with Gasteiger partial charge < -0.3 is 5.32 Å². The monoisotopic (exact) mass is 302 g/mol. The highest BCUT2D eigenvalue weighted by Gasteiger charge is 2.12. The lowest BCUT2D eigenvalue weighted by atomic mass is 9.96. The molecule has 1 N–H and O–H groups in total. The summed E-state index contributed by atoms with van der Waals surface area (Å²) in [7, 11) is 0. The molecule has 0 aliphatic heterocycles. The average molecular weight is 303 g/mol. The number of halogens is 1. The van der Waals surface area contributed by atoms with Crippen molar-refractivity contribution in [2.24, 2.45) is 0 Å². The molecule has 3 rings (SSSR count). The molecule has 1 aliphatic rings. The summed E-state index contributed by atoms with van der Waals surface area (Å²) in [6.45, 7) is 2.14.